The van der Waals surface area contributed by atoms with Gasteiger partial charge in [0.1, 0.15) is 11.1 Å². The summed E-state index contributed by atoms with van der Waals surface area (Å²) in [6, 6.07) is 5.18. The first-order chi connectivity index (χ1) is 12.4. The van der Waals surface area contributed by atoms with Gasteiger partial charge in [-0.3, -0.25) is 9.59 Å². The lowest BCUT2D eigenvalue weighted by atomic mass is 9.71. The molecule has 8 heteroatoms. The quantitative estimate of drug-likeness (QED) is 0.672. The number of halogens is 1. The molecule has 0 saturated carbocycles. The molecule has 7 nitrogen and oxygen atoms in total. The predicted molar refractivity (Wildman–Crippen MR) is 93.5 cm³/mol. The van der Waals surface area contributed by atoms with Gasteiger partial charge in [0.25, 0.3) is 5.91 Å². The number of Topliss-reactive ketones (excluding diaryl/α,β-unsaturated/α-hetero) is 1. The van der Waals surface area contributed by atoms with E-state index >= 15 is 0 Å². The highest BCUT2D eigenvalue weighted by Crippen LogP contribution is 2.51. The molecule has 1 atom stereocenters. The van der Waals surface area contributed by atoms with Crippen LogP contribution >= 0.6 is 15.9 Å². The average molecular weight is 419 g/mol. The van der Waals surface area contributed by atoms with E-state index in [2.05, 4.69) is 21.2 Å². The zero-order valence-electron chi connectivity index (χ0n) is 13.8. The molecule has 1 unspecified atom stereocenters. The zero-order valence-corrected chi connectivity index (χ0v) is 15.4. The van der Waals surface area contributed by atoms with E-state index < -0.39 is 11.5 Å². The predicted octanol–water partition coefficient (Wildman–Crippen LogP) is 1.77. The highest BCUT2D eigenvalue weighted by molar-refractivity contribution is 9.10. The molecule has 26 heavy (non-hydrogen) atoms. The largest absolute Gasteiger partial charge is 0.465 e. The van der Waals surface area contributed by atoms with Gasteiger partial charge in [-0.2, -0.15) is 0 Å². The van der Waals surface area contributed by atoms with E-state index in [1.807, 2.05) is 0 Å². The highest BCUT2D eigenvalue weighted by atomic mass is 79.9. The van der Waals surface area contributed by atoms with E-state index in [1.54, 1.807) is 18.2 Å². The van der Waals surface area contributed by atoms with Gasteiger partial charge in [0.05, 0.1) is 7.11 Å². The van der Waals surface area contributed by atoms with Crippen LogP contribution in [0.15, 0.2) is 45.5 Å². The van der Waals surface area contributed by atoms with Gasteiger partial charge in [-0.15, -0.1) is 0 Å². The smallest absolute Gasteiger partial charge is 0.342 e. The summed E-state index contributed by atoms with van der Waals surface area (Å²) < 4.78 is 11.2. The lowest BCUT2D eigenvalue weighted by Gasteiger charge is -2.40. The van der Waals surface area contributed by atoms with Crippen molar-refractivity contribution in [3.8, 4) is 0 Å². The number of fused-ring (bicyclic) bond motifs is 3. The Morgan fingerprint density at radius 3 is 2.85 bits per heavy atom. The number of methoxy groups -OCH3 is 1. The topological polar surface area (TPSA) is 108 Å². The first-order valence-corrected chi connectivity index (χ1v) is 8.85. The van der Waals surface area contributed by atoms with E-state index in [0.29, 0.717) is 36.0 Å². The van der Waals surface area contributed by atoms with Gasteiger partial charge in [0.2, 0.25) is 5.88 Å². The van der Waals surface area contributed by atoms with Crippen LogP contribution in [0.2, 0.25) is 0 Å². The Labute approximate surface area is 157 Å². The molecule has 1 aromatic rings. The molecule has 0 aromatic heterocycles. The minimum Gasteiger partial charge on any atom is -0.465 e. The van der Waals surface area contributed by atoms with Crippen LogP contribution in [-0.2, 0) is 24.6 Å². The Morgan fingerprint density at radius 2 is 2.12 bits per heavy atom. The number of hydrogen-bond acceptors (Lipinski definition) is 6. The standard InChI is InChI=1S/C18H15BrN2O5/c1-25-17(24)13-15(20)26-14-11(3-2-4-12(14)22)18(13)10-6-5-8(19)7-9(10)16(23)21-18/h5-7H,2-4,20H2,1H3,(H,21,23). The van der Waals surface area contributed by atoms with E-state index in [4.69, 9.17) is 15.2 Å². The van der Waals surface area contributed by atoms with Crippen LogP contribution in [0.1, 0.15) is 35.2 Å². The third-order valence-corrected chi connectivity index (χ3v) is 5.46. The lowest BCUT2D eigenvalue weighted by molar-refractivity contribution is -0.137. The van der Waals surface area contributed by atoms with Crippen molar-refractivity contribution in [2.45, 2.75) is 24.8 Å². The first-order valence-electron chi connectivity index (χ1n) is 8.06. The number of ether oxygens (including phenoxy) is 2. The first kappa shape index (κ1) is 16.8. The molecular weight excluding hydrogens is 404 g/mol. The van der Waals surface area contributed by atoms with Crippen LogP contribution in [0, 0.1) is 0 Å². The second-order valence-electron chi connectivity index (χ2n) is 6.31. The number of benzene rings is 1. The number of allylic oxidation sites excluding steroid dienone is 1. The number of ketones is 1. The van der Waals surface area contributed by atoms with E-state index in [0.717, 1.165) is 4.47 Å². The fourth-order valence-electron chi connectivity index (χ4n) is 3.92. The fourth-order valence-corrected chi connectivity index (χ4v) is 4.28. The van der Waals surface area contributed by atoms with Crippen LogP contribution in [0.25, 0.3) is 0 Å². The molecule has 134 valence electrons. The monoisotopic (exact) mass is 418 g/mol. The maximum atomic E-state index is 12.7. The van der Waals surface area contributed by atoms with Crippen molar-refractivity contribution >= 4 is 33.6 Å². The molecule has 0 bridgehead atoms. The highest BCUT2D eigenvalue weighted by Gasteiger charge is 2.57. The van der Waals surface area contributed by atoms with Gasteiger partial charge in [-0.05, 0) is 30.5 Å². The van der Waals surface area contributed by atoms with Gasteiger partial charge in [-0.25, -0.2) is 4.79 Å². The molecule has 1 amide bonds. The normalized spacial score (nSPS) is 24.2. The number of esters is 1. The van der Waals surface area contributed by atoms with Crippen LogP contribution < -0.4 is 11.1 Å². The second kappa shape index (κ2) is 5.70. The molecule has 4 rings (SSSR count). The summed E-state index contributed by atoms with van der Waals surface area (Å²) in [5.74, 6) is -1.40. The summed E-state index contributed by atoms with van der Waals surface area (Å²) in [6.45, 7) is 0. The van der Waals surface area contributed by atoms with E-state index in [-0.39, 0.29) is 28.9 Å². The minimum absolute atomic E-state index is 0.0112. The summed E-state index contributed by atoms with van der Waals surface area (Å²) in [4.78, 5) is 37.7. The van der Waals surface area contributed by atoms with Gasteiger partial charge in [0, 0.05) is 22.0 Å². The Hall–Kier alpha value is -2.61. The summed E-state index contributed by atoms with van der Waals surface area (Å²) in [5.41, 5.74) is 6.15. The molecular formula is C18H15BrN2O5. The molecule has 1 aromatic carbocycles. The van der Waals surface area contributed by atoms with Crippen molar-refractivity contribution in [2.75, 3.05) is 7.11 Å². The number of carbonyl (C=O) groups is 3. The molecule has 2 aliphatic heterocycles. The summed E-state index contributed by atoms with van der Waals surface area (Å²) >= 11 is 3.35. The van der Waals surface area contributed by atoms with Crippen LogP contribution in [0.4, 0.5) is 0 Å². The number of nitrogens with two attached hydrogens (primary N) is 1. The van der Waals surface area contributed by atoms with Gasteiger partial charge in [-0.1, -0.05) is 22.0 Å². The van der Waals surface area contributed by atoms with Crippen molar-refractivity contribution in [3.63, 3.8) is 0 Å². The van der Waals surface area contributed by atoms with E-state index in [9.17, 15) is 14.4 Å². The number of rotatable bonds is 1. The third-order valence-electron chi connectivity index (χ3n) is 4.96. The molecule has 1 aliphatic carbocycles. The molecule has 0 fully saturated rings. The van der Waals surface area contributed by atoms with Gasteiger partial charge >= 0.3 is 5.97 Å². The van der Waals surface area contributed by atoms with Crippen molar-refractivity contribution in [2.24, 2.45) is 5.73 Å². The zero-order chi connectivity index (χ0) is 18.6. The lowest BCUT2D eigenvalue weighted by Crippen LogP contribution is -2.50. The molecule has 0 radical (unpaired) electrons. The Kier molecular flexibility index (Phi) is 3.69. The van der Waals surface area contributed by atoms with Crippen molar-refractivity contribution < 1.29 is 23.9 Å². The average Bonchev–Trinajstić information content (AvgIpc) is 2.88. The van der Waals surface area contributed by atoms with Crippen molar-refractivity contribution in [3.05, 3.63) is 56.6 Å². The summed E-state index contributed by atoms with van der Waals surface area (Å²) in [5, 5.41) is 2.89. The van der Waals surface area contributed by atoms with E-state index in [1.165, 1.54) is 7.11 Å². The Balaban J connectivity index is 2.07. The third kappa shape index (κ3) is 2.08. The second-order valence-corrected chi connectivity index (χ2v) is 7.23. The number of carbonyl (C=O) groups excluding carboxylic acids is 3. The molecule has 1 spiro atoms. The van der Waals surface area contributed by atoms with Crippen molar-refractivity contribution in [1.29, 1.82) is 0 Å². The Bertz CT molecular complexity index is 949. The van der Waals surface area contributed by atoms with Gasteiger partial charge in [0.15, 0.2) is 11.5 Å². The number of nitrogens with one attached hydrogen (secondary N) is 1. The maximum absolute atomic E-state index is 12.7. The van der Waals surface area contributed by atoms with Gasteiger partial charge < -0.3 is 20.5 Å². The van der Waals surface area contributed by atoms with Crippen LogP contribution in [0.3, 0.4) is 0 Å². The molecule has 2 heterocycles. The molecule has 3 aliphatic rings. The fraction of sp³-hybridized carbons (Fsp3) is 0.278. The Morgan fingerprint density at radius 1 is 1.35 bits per heavy atom. The SMILES string of the molecule is COC(=O)C1=C(N)OC2=C(CCCC2=O)C12NC(=O)c1cc(Br)ccc12. The number of hydrogen-bond donors (Lipinski definition) is 2. The van der Waals surface area contributed by atoms with Crippen LogP contribution in [-0.4, -0.2) is 24.8 Å². The molecule has 0 saturated heterocycles. The molecule has 3 N–H and O–H groups in total. The van der Waals surface area contributed by atoms with Crippen LogP contribution in [0.5, 0.6) is 0 Å². The summed E-state index contributed by atoms with van der Waals surface area (Å²) in [6.07, 6.45) is 1.42. The number of amides is 1. The maximum Gasteiger partial charge on any atom is 0.342 e. The summed E-state index contributed by atoms with van der Waals surface area (Å²) in [7, 11) is 1.23. The minimum atomic E-state index is -1.35. The van der Waals surface area contributed by atoms with Crippen molar-refractivity contribution in [1.82, 2.24) is 5.32 Å².